The van der Waals surface area contributed by atoms with Crippen molar-refractivity contribution in [1.82, 2.24) is 9.13 Å². The van der Waals surface area contributed by atoms with E-state index < -0.39 is 0 Å². The summed E-state index contributed by atoms with van der Waals surface area (Å²) in [5.41, 5.74) is 4.57. The number of rotatable bonds is 6. The zero-order valence-corrected chi connectivity index (χ0v) is 23.5. The average Bonchev–Trinajstić information content (AvgIpc) is 3.49. The Kier molecular flexibility index (Phi) is 9.95. The van der Waals surface area contributed by atoms with E-state index in [0.29, 0.717) is 19.4 Å². The fourth-order valence-electron chi connectivity index (χ4n) is 4.73. The monoisotopic (exact) mass is 556 g/mol. The van der Waals surface area contributed by atoms with Gasteiger partial charge < -0.3 is 19.0 Å². The van der Waals surface area contributed by atoms with E-state index in [9.17, 15) is 9.59 Å². The normalized spacial score (nSPS) is 10.7. The molecule has 0 unspecified atom stereocenters. The van der Waals surface area contributed by atoms with Gasteiger partial charge in [-0.05, 0) is 35.9 Å². The molecule has 206 valence electrons. The third-order valence-electron chi connectivity index (χ3n) is 6.60. The average molecular weight is 557 g/mol. The number of para-hydroxylation sites is 4. The van der Waals surface area contributed by atoms with Crippen molar-refractivity contribution in [2.75, 3.05) is 6.61 Å². The molecule has 6 nitrogen and oxygen atoms in total. The molecule has 0 aliphatic heterocycles. The van der Waals surface area contributed by atoms with E-state index >= 15 is 0 Å². The maximum Gasteiger partial charge on any atom is 0.307 e. The molecule has 0 saturated heterocycles. The first kappa shape index (κ1) is 28.9. The summed E-state index contributed by atoms with van der Waals surface area (Å²) in [4.78, 5) is 20.9. The third-order valence-corrected chi connectivity index (χ3v) is 6.87. The van der Waals surface area contributed by atoms with E-state index in [0.717, 1.165) is 11.0 Å². The maximum atomic E-state index is 11.3. The van der Waals surface area contributed by atoms with Crippen LogP contribution in [0, 0.1) is 0 Å². The molecule has 6 aromatic rings. The van der Waals surface area contributed by atoms with Gasteiger partial charge in [0.2, 0.25) is 5.24 Å². The molecule has 0 radical (unpaired) electrons. The topological polar surface area (TPSA) is 73.5 Å². The highest BCUT2D eigenvalue weighted by molar-refractivity contribution is 6.63. The van der Waals surface area contributed by atoms with Gasteiger partial charge in [0, 0.05) is 52.0 Å². The zero-order chi connectivity index (χ0) is 28.5. The van der Waals surface area contributed by atoms with Crippen LogP contribution in [0.1, 0.15) is 26.7 Å². The standard InChI is InChI=1S/C16H15NO2.C14H13NO.C3H5ClO/c1-2-16(18)19-11-17-14-9-5-3-7-12(14)13-8-4-6-10-15(13)17;16-10-9-15-13-7-3-1-5-11(13)12-6-2-4-8-14(12)15;1-2-3(4)5/h3-10H,2,11H2,1H3;1-8,16H,9-10H2;2H2,1H3. The summed E-state index contributed by atoms with van der Waals surface area (Å²) in [6, 6.07) is 33.0. The van der Waals surface area contributed by atoms with Crippen LogP contribution in [0.25, 0.3) is 43.6 Å². The number of carbonyl (C=O) groups is 2. The summed E-state index contributed by atoms with van der Waals surface area (Å²) in [5, 5.41) is 13.7. The first-order valence-electron chi connectivity index (χ1n) is 13.4. The Balaban J connectivity index is 0.000000160. The van der Waals surface area contributed by atoms with Gasteiger partial charge in [0.25, 0.3) is 0 Å². The third kappa shape index (κ3) is 6.36. The van der Waals surface area contributed by atoms with Crippen molar-refractivity contribution in [2.45, 2.75) is 40.0 Å². The smallest absolute Gasteiger partial charge is 0.307 e. The SMILES string of the molecule is CCC(=O)Cl.CCC(=O)OCn1c2ccccc2c2ccccc21.OCCn1c2ccccc2c2ccccc21. The van der Waals surface area contributed by atoms with Crippen molar-refractivity contribution in [3.8, 4) is 0 Å². The Labute approximate surface area is 238 Å². The molecule has 2 aromatic heterocycles. The van der Waals surface area contributed by atoms with Gasteiger partial charge in [-0.3, -0.25) is 9.59 Å². The predicted molar refractivity (Wildman–Crippen MR) is 164 cm³/mol. The molecule has 0 amide bonds. The first-order chi connectivity index (χ1) is 19.5. The molecule has 0 saturated carbocycles. The van der Waals surface area contributed by atoms with E-state index in [1.54, 1.807) is 13.8 Å². The number of hydrogen-bond acceptors (Lipinski definition) is 4. The lowest BCUT2D eigenvalue weighted by atomic mass is 10.2. The van der Waals surface area contributed by atoms with E-state index in [1.165, 1.54) is 32.6 Å². The molecule has 0 aliphatic rings. The largest absolute Gasteiger partial charge is 0.444 e. The fourth-order valence-corrected chi connectivity index (χ4v) is 4.73. The maximum absolute atomic E-state index is 11.3. The first-order valence-corrected chi connectivity index (χ1v) is 13.7. The van der Waals surface area contributed by atoms with Crippen molar-refractivity contribution in [3.05, 3.63) is 97.1 Å². The number of aromatic nitrogens is 2. The number of benzene rings is 4. The number of halogens is 1. The molecule has 40 heavy (non-hydrogen) atoms. The molecule has 0 spiro atoms. The van der Waals surface area contributed by atoms with E-state index in [4.69, 9.17) is 21.4 Å². The van der Waals surface area contributed by atoms with Crippen molar-refractivity contribution in [3.63, 3.8) is 0 Å². The molecule has 7 heteroatoms. The number of esters is 1. The minimum atomic E-state index is -0.273. The Hall–Kier alpha value is -4.13. The van der Waals surface area contributed by atoms with Crippen molar-refractivity contribution in [1.29, 1.82) is 0 Å². The lowest BCUT2D eigenvalue weighted by Crippen LogP contribution is -2.07. The molecular weight excluding hydrogens is 524 g/mol. The summed E-state index contributed by atoms with van der Waals surface area (Å²) in [7, 11) is 0. The fraction of sp³-hybridized carbons (Fsp3) is 0.212. The van der Waals surface area contributed by atoms with Crippen LogP contribution < -0.4 is 0 Å². The number of nitrogens with zero attached hydrogens (tertiary/aromatic N) is 2. The molecule has 4 aromatic carbocycles. The number of carbonyl (C=O) groups excluding carboxylic acids is 2. The van der Waals surface area contributed by atoms with Gasteiger partial charge in [-0.2, -0.15) is 0 Å². The van der Waals surface area contributed by atoms with Gasteiger partial charge in [0.05, 0.1) is 17.6 Å². The minimum absolute atomic E-state index is 0.169. The Bertz CT molecular complexity index is 1650. The number of aliphatic hydroxyl groups excluding tert-OH is 1. The summed E-state index contributed by atoms with van der Waals surface area (Å²) in [5.74, 6) is -0.179. The van der Waals surface area contributed by atoms with Crippen molar-refractivity contribution < 1.29 is 19.4 Å². The van der Waals surface area contributed by atoms with Crippen LogP contribution in [-0.2, 0) is 27.6 Å². The number of aliphatic hydroxyl groups is 1. The second kappa shape index (κ2) is 13.8. The molecule has 1 N–H and O–H groups in total. The second-order valence-corrected chi connectivity index (χ2v) is 9.50. The second-order valence-electron chi connectivity index (χ2n) is 9.08. The number of ether oxygens (including phenoxy) is 1. The Morgan fingerprint density at radius 3 is 1.32 bits per heavy atom. The highest BCUT2D eigenvalue weighted by atomic mass is 35.5. The van der Waals surface area contributed by atoms with Crippen LogP contribution in [0.4, 0.5) is 0 Å². The van der Waals surface area contributed by atoms with Crippen molar-refractivity contribution >= 4 is 66.4 Å². The van der Waals surface area contributed by atoms with Gasteiger partial charge >= 0.3 is 5.97 Å². The van der Waals surface area contributed by atoms with E-state index in [2.05, 4.69) is 65.2 Å². The Morgan fingerprint density at radius 1 is 0.650 bits per heavy atom. The van der Waals surface area contributed by atoms with Crippen LogP contribution in [-0.4, -0.2) is 32.1 Å². The summed E-state index contributed by atoms with van der Waals surface area (Å²) >= 11 is 4.82. The quantitative estimate of drug-likeness (QED) is 0.169. The van der Waals surface area contributed by atoms with Gasteiger partial charge in [-0.1, -0.05) is 86.6 Å². The highest BCUT2D eigenvalue weighted by Gasteiger charge is 2.11. The van der Waals surface area contributed by atoms with Crippen LogP contribution in [0.3, 0.4) is 0 Å². The van der Waals surface area contributed by atoms with E-state index in [1.807, 2.05) is 41.0 Å². The van der Waals surface area contributed by atoms with Gasteiger partial charge in [0.1, 0.15) is 0 Å². The molecule has 0 atom stereocenters. The number of fused-ring (bicyclic) bond motifs is 6. The van der Waals surface area contributed by atoms with Gasteiger partial charge in [-0.15, -0.1) is 0 Å². The molecule has 0 bridgehead atoms. The lowest BCUT2D eigenvalue weighted by Gasteiger charge is -2.07. The number of hydrogen-bond donors (Lipinski definition) is 1. The van der Waals surface area contributed by atoms with Crippen LogP contribution in [0.2, 0.25) is 0 Å². The van der Waals surface area contributed by atoms with Gasteiger partial charge in [0.15, 0.2) is 6.73 Å². The van der Waals surface area contributed by atoms with Crippen LogP contribution >= 0.6 is 11.6 Å². The summed E-state index contributed by atoms with van der Waals surface area (Å²) < 4.78 is 9.49. The van der Waals surface area contributed by atoms with Crippen molar-refractivity contribution in [2.24, 2.45) is 0 Å². The van der Waals surface area contributed by atoms with Crippen LogP contribution in [0.15, 0.2) is 97.1 Å². The summed E-state index contributed by atoms with van der Waals surface area (Å²) in [6.07, 6.45) is 0.832. The molecule has 0 aliphatic carbocycles. The summed E-state index contributed by atoms with van der Waals surface area (Å²) in [6.45, 7) is 4.60. The molecule has 2 heterocycles. The van der Waals surface area contributed by atoms with Crippen LogP contribution in [0.5, 0.6) is 0 Å². The minimum Gasteiger partial charge on any atom is -0.444 e. The van der Waals surface area contributed by atoms with E-state index in [-0.39, 0.29) is 24.5 Å². The molecule has 0 fully saturated rings. The zero-order valence-electron chi connectivity index (χ0n) is 22.7. The highest BCUT2D eigenvalue weighted by Crippen LogP contribution is 2.29. The molecule has 6 rings (SSSR count). The molecular formula is C33H33ClN2O4. The van der Waals surface area contributed by atoms with Gasteiger partial charge in [-0.25, -0.2) is 0 Å². The lowest BCUT2D eigenvalue weighted by molar-refractivity contribution is -0.146. The predicted octanol–water partition coefficient (Wildman–Crippen LogP) is 7.65. The Morgan fingerprint density at radius 2 is 1.00 bits per heavy atom.